The van der Waals surface area contributed by atoms with Gasteiger partial charge in [0.05, 0.1) is 22.8 Å². The van der Waals surface area contributed by atoms with Crippen molar-refractivity contribution in [3.05, 3.63) is 16.1 Å². The van der Waals surface area contributed by atoms with Crippen LogP contribution in [0.25, 0.3) is 0 Å². The molecule has 1 amide bonds. The van der Waals surface area contributed by atoms with Gasteiger partial charge >= 0.3 is 0 Å². The van der Waals surface area contributed by atoms with Crippen LogP contribution < -0.4 is 5.32 Å². The molecular weight excluding hydrogens is 258 g/mol. The second kappa shape index (κ2) is 6.01. The molecule has 2 rings (SSSR count). The van der Waals surface area contributed by atoms with Crippen molar-refractivity contribution >= 4 is 17.2 Å². The van der Waals surface area contributed by atoms with Crippen molar-refractivity contribution in [3.8, 4) is 0 Å². The van der Waals surface area contributed by atoms with Crippen molar-refractivity contribution in [1.29, 1.82) is 0 Å². The predicted octanol–water partition coefficient (Wildman–Crippen LogP) is 2.33. The summed E-state index contributed by atoms with van der Waals surface area (Å²) in [6.45, 7) is 5.69. The van der Waals surface area contributed by atoms with Gasteiger partial charge in [0.15, 0.2) is 0 Å². The van der Waals surface area contributed by atoms with Gasteiger partial charge in [0.1, 0.15) is 0 Å². The molecule has 1 aliphatic rings. The molecule has 2 heterocycles. The van der Waals surface area contributed by atoms with Crippen molar-refractivity contribution in [3.63, 3.8) is 0 Å². The standard InChI is InChI=1S/C14H23N3OS/c1-4-6-14(7-5-8-15-14)13(18)17(3)9-12-10-19-11(2)16-12/h10,15H,4-9H2,1-3H3. The van der Waals surface area contributed by atoms with Gasteiger partial charge in [-0.05, 0) is 32.7 Å². The molecule has 0 bridgehead atoms. The van der Waals surface area contributed by atoms with Gasteiger partial charge in [-0.2, -0.15) is 0 Å². The first-order chi connectivity index (χ1) is 9.07. The molecule has 1 atom stereocenters. The molecule has 5 heteroatoms. The van der Waals surface area contributed by atoms with E-state index in [0.717, 1.165) is 42.9 Å². The Hall–Kier alpha value is -0.940. The third-order valence-corrected chi connectivity index (χ3v) is 4.56. The maximum absolute atomic E-state index is 12.7. The van der Waals surface area contributed by atoms with Crippen LogP contribution in [0.3, 0.4) is 0 Å². The number of hydrogen-bond donors (Lipinski definition) is 1. The topological polar surface area (TPSA) is 45.2 Å². The highest BCUT2D eigenvalue weighted by Gasteiger charge is 2.41. The quantitative estimate of drug-likeness (QED) is 0.901. The van der Waals surface area contributed by atoms with Crippen molar-refractivity contribution in [2.45, 2.75) is 51.6 Å². The van der Waals surface area contributed by atoms with E-state index in [0.29, 0.717) is 6.54 Å². The first-order valence-electron chi connectivity index (χ1n) is 6.99. The molecule has 0 spiro atoms. The number of nitrogens with zero attached hydrogens (tertiary/aromatic N) is 2. The van der Waals surface area contributed by atoms with Crippen LogP contribution in [-0.4, -0.2) is 34.9 Å². The summed E-state index contributed by atoms with van der Waals surface area (Å²) in [4.78, 5) is 19.0. The van der Waals surface area contributed by atoms with Crippen LogP contribution in [0.1, 0.15) is 43.3 Å². The van der Waals surface area contributed by atoms with E-state index >= 15 is 0 Å². The van der Waals surface area contributed by atoms with Gasteiger partial charge < -0.3 is 10.2 Å². The summed E-state index contributed by atoms with van der Waals surface area (Å²) in [5, 5.41) is 6.52. The number of aromatic nitrogens is 1. The molecule has 4 nitrogen and oxygen atoms in total. The highest BCUT2D eigenvalue weighted by molar-refractivity contribution is 7.09. The average Bonchev–Trinajstić information content (AvgIpc) is 2.99. The zero-order chi connectivity index (χ0) is 13.9. The number of thiazole rings is 1. The summed E-state index contributed by atoms with van der Waals surface area (Å²) in [5.41, 5.74) is 0.664. The Bertz CT molecular complexity index is 438. The minimum atomic E-state index is -0.325. The smallest absolute Gasteiger partial charge is 0.242 e. The van der Waals surface area contributed by atoms with E-state index in [1.807, 2.05) is 24.3 Å². The molecule has 0 aromatic carbocycles. The molecule has 106 valence electrons. The lowest BCUT2D eigenvalue weighted by Gasteiger charge is -2.32. The molecule has 1 N–H and O–H groups in total. The first-order valence-corrected chi connectivity index (χ1v) is 7.87. The number of amides is 1. The fourth-order valence-corrected chi connectivity index (χ4v) is 3.50. The zero-order valence-electron chi connectivity index (χ0n) is 12.0. The van der Waals surface area contributed by atoms with Gasteiger partial charge in [-0.15, -0.1) is 11.3 Å². The maximum Gasteiger partial charge on any atom is 0.242 e. The molecule has 1 aromatic heterocycles. The monoisotopic (exact) mass is 281 g/mol. The van der Waals surface area contributed by atoms with E-state index in [2.05, 4.69) is 17.2 Å². The van der Waals surface area contributed by atoms with Gasteiger partial charge in [0, 0.05) is 12.4 Å². The second-order valence-corrected chi connectivity index (χ2v) is 6.44. The number of nitrogens with one attached hydrogen (secondary N) is 1. The minimum absolute atomic E-state index is 0.220. The molecule has 19 heavy (non-hydrogen) atoms. The summed E-state index contributed by atoms with van der Waals surface area (Å²) in [6.07, 6.45) is 4.00. The van der Waals surface area contributed by atoms with Crippen LogP contribution in [0.2, 0.25) is 0 Å². The van der Waals surface area contributed by atoms with Crippen LogP contribution in [0.5, 0.6) is 0 Å². The van der Waals surface area contributed by atoms with Crippen molar-refractivity contribution in [2.75, 3.05) is 13.6 Å². The van der Waals surface area contributed by atoms with Gasteiger partial charge in [-0.3, -0.25) is 4.79 Å². The highest BCUT2D eigenvalue weighted by Crippen LogP contribution is 2.27. The first kappa shape index (κ1) is 14.5. The Morgan fingerprint density at radius 1 is 1.63 bits per heavy atom. The SMILES string of the molecule is CCCC1(C(=O)N(C)Cc2csc(C)n2)CCCN1. The Morgan fingerprint density at radius 2 is 2.42 bits per heavy atom. The Kier molecular flexibility index (Phi) is 4.58. The lowest BCUT2D eigenvalue weighted by atomic mass is 9.90. The molecule has 1 fully saturated rings. The summed E-state index contributed by atoms with van der Waals surface area (Å²) in [7, 11) is 1.88. The third kappa shape index (κ3) is 3.15. The highest BCUT2D eigenvalue weighted by atomic mass is 32.1. The Morgan fingerprint density at radius 3 is 2.95 bits per heavy atom. The summed E-state index contributed by atoms with van der Waals surface area (Å²) in [6, 6.07) is 0. The van der Waals surface area contributed by atoms with E-state index in [1.54, 1.807) is 11.3 Å². The van der Waals surface area contributed by atoms with E-state index in [4.69, 9.17) is 0 Å². The molecule has 0 saturated carbocycles. The van der Waals surface area contributed by atoms with Gasteiger partial charge in [0.2, 0.25) is 5.91 Å². The third-order valence-electron chi connectivity index (χ3n) is 3.74. The van der Waals surface area contributed by atoms with Crippen molar-refractivity contribution in [2.24, 2.45) is 0 Å². The predicted molar refractivity (Wildman–Crippen MR) is 78.2 cm³/mol. The number of carbonyl (C=O) groups is 1. The van der Waals surface area contributed by atoms with Crippen LogP contribution in [-0.2, 0) is 11.3 Å². The molecule has 1 unspecified atom stereocenters. The fraction of sp³-hybridized carbons (Fsp3) is 0.714. The Labute approximate surface area is 119 Å². The lowest BCUT2D eigenvalue weighted by Crippen LogP contribution is -2.53. The second-order valence-electron chi connectivity index (χ2n) is 5.38. The maximum atomic E-state index is 12.7. The van der Waals surface area contributed by atoms with Gasteiger partial charge in [-0.1, -0.05) is 13.3 Å². The number of likely N-dealkylation sites (N-methyl/N-ethyl adjacent to an activating group) is 1. The van der Waals surface area contributed by atoms with E-state index in [-0.39, 0.29) is 11.4 Å². The van der Waals surface area contributed by atoms with Gasteiger partial charge in [-0.25, -0.2) is 4.98 Å². The zero-order valence-corrected chi connectivity index (χ0v) is 12.8. The number of hydrogen-bond acceptors (Lipinski definition) is 4. The summed E-state index contributed by atoms with van der Waals surface area (Å²) >= 11 is 1.64. The fourth-order valence-electron chi connectivity index (χ4n) is 2.90. The summed E-state index contributed by atoms with van der Waals surface area (Å²) in [5.74, 6) is 0.220. The van der Waals surface area contributed by atoms with Crippen LogP contribution in [0, 0.1) is 6.92 Å². The van der Waals surface area contributed by atoms with Crippen LogP contribution in [0.4, 0.5) is 0 Å². The van der Waals surface area contributed by atoms with Crippen molar-refractivity contribution in [1.82, 2.24) is 15.2 Å². The van der Waals surface area contributed by atoms with Crippen LogP contribution >= 0.6 is 11.3 Å². The molecule has 0 radical (unpaired) electrons. The molecule has 0 aliphatic carbocycles. The normalized spacial score (nSPS) is 22.7. The Balaban J connectivity index is 2.04. The molecular formula is C14H23N3OS. The molecule has 1 aromatic rings. The average molecular weight is 281 g/mol. The van der Waals surface area contributed by atoms with Crippen LogP contribution in [0.15, 0.2) is 5.38 Å². The lowest BCUT2D eigenvalue weighted by molar-refractivity contribution is -0.137. The number of carbonyl (C=O) groups excluding carboxylic acids is 1. The largest absolute Gasteiger partial charge is 0.338 e. The van der Waals surface area contributed by atoms with Crippen molar-refractivity contribution < 1.29 is 4.79 Å². The van der Waals surface area contributed by atoms with E-state index < -0.39 is 0 Å². The molecule has 1 aliphatic heterocycles. The van der Waals surface area contributed by atoms with E-state index in [9.17, 15) is 4.79 Å². The number of rotatable bonds is 5. The van der Waals surface area contributed by atoms with Gasteiger partial charge in [0.25, 0.3) is 0 Å². The molecule has 1 saturated heterocycles. The number of aryl methyl sites for hydroxylation is 1. The summed E-state index contributed by atoms with van der Waals surface area (Å²) < 4.78 is 0. The van der Waals surface area contributed by atoms with E-state index in [1.165, 1.54) is 0 Å². The minimum Gasteiger partial charge on any atom is -0.338 e.